The second-order valence-electron chi connectivity index (χ2n) is 8.07. The van der Waals surface area contributed by atoms with Crippen molar-refractivity contribution in [2.24, 2.45) is 0 Å². The predicted molar refractivity (Wildman–Crippen MR) is 130 cm³/mol. The van der Waals surface area contributed by atoms with E-state index in [1.807, 2.05) is 24.3 Å². The number of hydrogen-bond acceptors (Lipinski definition) is 6. The van der Waals surface area contributed by atoms with Gasteiger partial charge in [0.15, 0.2) is 5.43 Å². The first-order valence-corrected chi connectivity index (χ1v) is 11.6. The van der Waals surface area contributed by atoms with E-state index in [1.54, 1.807) is 36.7 Å². The predicted octanol–water partition coefficient (Wildman–Crippen LogP) is 5.56. The molecule has 1 aliphatic heterocycles. The highest BCUT2D eigenvalue weighted by Crippen LogP contribution is 2.40. The van der Waals surface area contributed by atoms with Crippen molar-refractivity contribution in [3.63, 3.8) is 0 Å². The van der Waals surface area contributed by atoms with Gasteiger partial charge in [-0.25, -0.2) is 9.97 Å². The van der Waals surface area contributed by atoms with Gasteiger partial charge in [0, 0.05) is 17.4 Å². The molecule has 2 aromatic heterocycles. The van der Waals surface area contributed by atoms with Crippen molar-refractivity contribution in [2.45, 2.75) is 32.2 Å². The quantitative estimate of drug-likeness (QED) is 0.325. The number of unbranched alkanes of at least 4 members (excludes halogenated alkanes) is 2. The molecule has 3 heterocycles. The lowest BCUT2D eigenvalue weighted by Gasteiger charge is -2.23. The maximum absolute atomic E-state index is 13.6. The molecule has 1 amide bonds. The number of benzene rings is 2. The molecule has 0 bridgehead atoms. The standard InChI is InChI=1S/C26H22ClN3O4/c1-2-3-4-14-33-18-9-6-16(7-10-18)22-21-23(31)19-15-17(27)8-11-20(19)34-24(21)25(32)30(22)26-28-12-5-13-29-26/h5-13,15,22H,2-4,14H2,1H3. The summed E-state index contributed by atoms with van der Waals surface area (Å²) < 4.78 is 11.7. The Labute approximate surface area is 201 Å². The highest BCUT2D eigenvalue weighted by molar-refractivity contribution is 6.31. The van der Waals surface area contributed by atoms with Crippen LogP contribution in [0.1, 0.15) is 53.9 Å². The molecule has 0 aliphatic carbocycles. The Kier molecular flexibility index (Phi) is 6.02. The smallest absolute Gasteiger partial charge is 0.297 e. The van der Waals surface area contributed by atoms with Crippen molar-refractivity contribution in [2.75, 3.05) is 11.5 Å². The van der Waals surface area contributed by atoms with E-state index in [0.29, 0.717) is 28.2 Å². The average Bonchev–Trinajstić information content (AvgIpc) is 3.16. The number of amides is 1. The van der Waals surface area contributed by atoms with Crippen LogP contribution in [0.2, 0.25) is 5.02 Å². The van der Waals surface area contributed by atoms with Gasteiger partial charge in [-0.05, 0) is 48.4 Å². The number of hydrogen-bond donors (Lipinski definition) is 0. The molecule has 0 saturated heterocycles. The monoisotopic (exact) mass is 475 g/mol. The first-order chi connectivity index (χ1) is 16.6. The third kappa shape index (κ3) is 3.92. The summed E-state index contributed by atoms with van der Waals surface area (Å²) in [5.74, 6) is 0.423. The SMILES string of the molecule is CCCCCOc1ccc(C2c3c(oc4ccc(Cl)cc4c3=O)C(=O)N2c2ncccn2)cc1. The minimum absolute atomic E-state index is 0.0165. The summed E-state index contributed by atoms with van der Waals surface area (Å²) in [6, 6.07) is 13.1. The molecule has 34 heavy (non-hydrogen) atoms. The Hall–Kier alpha value is -3.71. The highest BCUT2D eigenvalue weighted by atomic mass is 35.5. The van der Waals surface area contributed by atoms with Crippen LogP contribution < -0.4 is 15.1 Å². The van der Waals surface area contributed by atoms with Crippen LogP contribution in [-0.4, -0.2) is 22.5 Å². The lowest BCUT2D eigenvalue weighted by Crippen LogP contribution is -2.31. The second-order valence-corrected chi connectivity index (χ2v) is 8.50. The van der Waals surface area contributed by atoms with Crippen LogP contribution in [0.3, 0.4) is 0 Å². The zero-order valence-electron chi connectivity index (χ0n) is 18.5. The topological polar surface area (TPSA) is 85.5 Å². The number of ether oxygens (including phenoxy) is 1. The van der Waals surface area contributed by atoms with E-state index >= 15 is 0 Å². The summed E-state index contributed by atoms with van der Waals surface area (Å²) in [6.45, 7) is 2.78. The van der Waals surface area contributed by atoms with Gasteiger partial charge in [-0.15, -0.1) is 0 Å². The van der Waals surface area contributed by atoms with E-state index in [4.69, 9.17) is 20.8 Å². The first kappa shape index (κ1) is 22.1. The highest BCUT2D eigenvalue weighted by Gasteiger charge is 2.44. The Bertz CT molecular complexity index is 1400. The number of fused-ring (bicyclic) bond motifs is 2. The summed E-state index contributed by atoms with van der Waals surface area (Å²) in [4.78, 5) is 37.0. The zero-order chi connectivity index (χ0) is 23.7. The van der Waals surface area contributed by atoms with E-state index < -0.39 is 11.9 Å². The van der Waals surface area contributed by atoms with E-state index in [2.05, 4.69) is 16.9 Å². The molecule has 0 fully saturated rings. The van der Waals surface area contributed by atoms with E-state index in [9.17, 15) is 9.59 Å². The molecule has 5 rings (SSSR count). The maximum Gasteiger partial charge on any atom is 0.297 e. The lowest BCUT2D eigenvalue weighted by atomic mass is 9.98. The van der Waals surface area contributed by atoms with Crippen LogP contribution in [-0.2, 0) is 0 Å². The largest absolute Gasteiger partial charge is 0.494 e. The molecule has 0 spiro atoms. The minimum atomic E-state index is -0.751. The van der Waals surface area contributed by atoms with E-state index in [1.165, 1.54) is 4.90 Å². The number of rotatable bonds is 7. The molecule has 172 valence electrons. The Morgan fingerprint density at radius 2 is 1.82 bits per heavy atom. The molecule has 8 heteroatoms. The molecule has 0 N–H and O–H groups in total. The first-order valence-electron chi connectivity index (χ1n) is 11.2. The molecular formula is C26H22ClN3O4. The van der Waals surface area contributed by atoms with Crippen molar-refractivity contribution in [3.8, 4) is 5.75 Å². The Balaban J connectivity index is 1.62. The molecule has 7 nitrogen and oxygen atoms in total. The van der Waals surface area contributed by atoms with E-state index in [0.717, 1.165) is 25.0 Å². The fourth-order valence-electron chi connectivity index (χ4n) is 4.17. The summed E-state index contributed by atoms with van der Waals surface area (Å²) in [5, 5.41) is 0.726. The summed E-state index contributed by atoms with van der Waals surface area (Å²) in [5.41, 5.74) is 0.945. The van der Waals surface area contributed by atoms with Crippen molar-refractivity contribution in [1.29, 1.82) is 0 Å². The summed E-state index contributed by atoms with van der Waals surface area (Å²) in [7, 11) is 0. The molecule has 0 radical (unpaired) electrons. The van der Waals surface area contributed by atoms with Crippen LogP contribution >= 0.6 is 11.6 Å². The van der Waals surface area contributed by atoms with Gasteiger partial charge in [0.25, 0.3) is 5.91 Å². The van der Waals surface area contributed by atoms with Gasteiger partial charge in [-0.3, -0.25) is 14.5 Å². The molecule has 2 aromatic carbocycles. The minimum Gasteiger partial charge on any atom is -0.494 e. The molecule has 0 saturated carbocycles. The van der Waals surface area contributed by atoms with Gasteiger partial charge in [-0.2, -0.15) is 0 Å². The molecule has 1 aliphatic rings. The average molecular weight is 476 g/mol. The van der Waals surface area contributed by atoms with Crippen LogP contribution in [0.4, 0.5) is 5.95 Å². The second kappa shape index (κ2) is 9.27. The van der Waals surface area contributed by atoms with Crippen molar-refractivity contribution in [3.05, 3.63) is 93.1 Å². The number of carbonyl (C=O) groups excluding carboxylic acids is 1. The fourth-order valence-corrected chi connectivity index (χ4v) is 4.34. The normalized spacial score (nSPS) is 15.1. The number of halogens is 1. The van der Waals surface area contributed by atoms with Gasteiger partial charge >= 0.3 is 0 Å². The molecule has 4 aromatic rings. The molecule has 1 unspecified atom stereocenters. The van der Waals surface area contributed by atoms with Crippen LogP contribution in [0.15, 0.2) is 70.1 Å². The number of anilines is 1. The van der Waals surface area contributed by atoms with Gasteiger partial charge in [0.05, 0.1) is 23.6 Å². The molecular weight excluding hydrogens is 454 g/mol. The van der Waals surface area contributed by atoms with Crippen molar-refractivity contribution < 1.29 is 13.9 Å². The van der Waals surface area contributed by atoms with Crippen LogP contribution in [0.25, 0.3) is 11.0 Å². The number of carbonyl (C=O) groups is 1. The third-order valence-electron chi connectivity index (χ3n) is 5.81. The van der Waals surface area contributed by atoms with Crippen molar-refractivity contribution >= 4 is 34.4 Å². The summed E-state index contributed by atoms with van der Waals surface area (Å²) in [6.07, 6.45) is 6.32. The van der Waals surface area contributed by atoms with Crippen LogP contribution in [0, 0.1) is 0 Å². The van der Waals surface area contributed by atoms with Gasteiger partial charge < -0.3 is 9.15 Å². The fraction of sp³-hybridized carbons (Fsp3) is 0.231. The molecule has 1 atom stereocenters. The lowest BCUT2D eigenvalue weighted by molar-refractivity contribution is 0.0969. The van der Waals surface area contributed by atoms with Crippen LogP contribution in [0.5, 0.6) is 5.75 Å². The Morgan fingerprint density at radius 3 is 2.56 bits per heavy atom. The number of aromatic nitrogens is 2. The zero-order valence-corrected chi connectivity index (χ0v) is 19.3. The van der Waals surface area contributed by atoms with E-state index in [-0.39, 0.29) is 22.7 Å². The number of nitrogens with zero attached hydrogens (tertiary/aromatic N) is 3. The Morgan fingerprint density at radius 1 is 1.06 bits per heavy atom. The van der Waals surface area contributed by atoms with Gasteiger partial charge in [0.2, 0.25) is 11.7 Å². The maximum atomic E-state index is 13.6. The third-order valence-corrected chi connectivity index (χ3v) is 6.05. The van der Waals surface area contributed by atoms with Crippen molar-refractivity contribution in [1.82, 2.24) is 9.97 Å². The summed E-state index contributed by atoms with van der Waals surface area (Å²) >= 11 is 6.14. The van der Waals surface area contributed by atoms with Gasteiger partial charge in [-0.1, -0.05) is 43.5 Å². The van der Waals surface area contributed by atoms with Gasteiger partial charge in [0.1, 0.15) is 11.3 Å².